The van der Waals surface area contributed by atoms with Crippen LogP contribution in [0.5, 0.6) is 0 Å². The molecule has 2 heterocycles. The number of halogens is 3. The molecule has 2 rings (SSSR count). The highest BCUT2D eigenvalue weighted by Gasteiger charge is 2.34. The molecule has 118 valence electrons. The Morgan fingerprint density at radius 3 is 2.43 bits per heavy atom. The maximum atomic E-state index is 12.8. The fraction of sp³-hybridized carbons (Fsp3) is 0.692. The van der Waals surface area contributed by atoms with Gasteiger partial charge < -0.3 is 15.5 Å². The van der Waals surface area contributed by atoms with E-state index in [9.17, 15) is 13.2 Å². The molecule has 0 atom stereocenters. The highest BCUT2D eigenvalue weighted by molar-refractivity contribution is 5.44. The van der Waals surface area contributed by atoms with Gasteiger partial charge in [-0.25, -0.2) is 4.98 Å². The summed E-state index contributed by atoms with van der Waals surface area (Å²) in [5.41, 5.74) is 4.41. The average molecular weight is 303 g/mol. The average Bonchev–Trinajstić information content (AvgIpc) is 2.37. The van der Waals surface area contributed by atoms with Crippen LogP contribution in [-0.4, -0.2) is 48.6 Å². The molecule has 8 heteroatoms. The zero-order chi connectivity index (χ0) is 15.6. The Labute approximate surface area is 122 Å². The summed E-state index contributed by atoms with van der Waals surface area (Å²) in [5.74, 6) is 0.492. The molecule has 0 amide bonds. The van der Waals surface area contributed by atoms with Gasteiger partial charge in [0, 0.05) is 25.7 Å². The second kappa shape index (κ2) is 6.05. The lowest BCUT2D eigenvalue weighted by molar-refractivity contribution is -0.141. The summed E-state index contributed by atoms with van der Waals surface area (Å²) in [6.07, 6.45) is -2.64. The van der Waals surface area contributed by atoms with Crippen LogP contribution in [0.25, 0.3) is 0 Å². The summed E-state index contributed by atoms with van der Waals surface area (Å²) in [5, 5.41) is 0. The van der Waals surface area contributed by atoms with Crippen molar-refractivity contribution in [3.63, 3.8) is 0 Å². The number of nitrogens with zero attached hydrogens (tertiary/aromatic N) is 4. The van der Waals surface area contributed by atoms with Gasteiger partial charge in [-0.05, 0) is 32.9 Å². The van der Waals surface area contributed by atoms with E-state index in [1.807, 2.05) is 19.0 Å². The molecule has 5 nitrogen and oxygen atoms in total. The molecule has 1 aliphatic rings. The molecule has 21 heavy (non-hydrogen) atoms. The van der Waals surface area contributed by atoms with Crippen LogP contribution in [0.1, 0.15) is 18.5 Å². The van der Waals surface area contributed by atoms with E-state index < -0.39 is 11.9 Å². The Bertz CT molecular complexity index is 481. The summed E-state index contributed by atoms with van der Waals surface area (Å²) in [7, 11) is 4.04. The molecule has 1 saturated heterocycles. The molecule has 2 N–H and O–H groups in total. The second-order valence-electron chi connectivity index (χ2n) is 5.66. The minimum absolute atomic E-state index is 0.262. The van der Waals surface area contributed by atoms with Crippen LogP contribution in [0.3, 0.4) is 0 Å². The Hall–Kier alpha value is -1.57. The van der Waals surface area contributed by atoms with Crippen molar-refractivity contribution in [1.29, 1.82) is 0 Å². The Morgan fingerprint density at radius 1 is 1.29 bits per heavy atom. The minimum Gasteiger partial charge on any atom is -0.368 e. The lowest BCUT2D eigenvalue weighted by Crippen LogP contribution is -2.37. The summed E-state index contributed by atoms with van der Waals surface area (Å²) < 4.78 is 38.3. The molecule has 1 aromatic rings. The number of hydrogen-bond donors (Lipinski definition) is 1. The van der Waals surface area contributed by atoms with Gasteiger partial charge >= 0.3 is 6.18 Å². The smallest absolute Gasteiger partial charge is 0.368 e. The van der Waals surface area contributed by atoms with Crippen LogP contribution in [0.4, 0.5) is 24.9 Å². The molecule has 1 aliphatic heterocycles. The predicted molar refractivity (Wildman–Crippen MR) is 74.9 cm³/mol. The number of rotatable bonds is 3. The number of aromatic nitrogens is 2. The quantitative estimate of drug-likeness (QED) is 0.923. The number of alkyl halides is 3. The van der Waals surface area contributed by atoms with Gasteiger partial charge in [0.1, 0.15) is 5.82 Å². The molecule has 0 aliphatic carbocycles. The molecule has 0 bridgehead atoms. The minimum atomic E-state index is -4.50. The summed E-state index contributed by atoms with van der Waals surface area (Å²) >= 11 is 0. The van der Waals surface area contributed by atoms with Gasteiger partial charge in [0.15, 0.2) is 5.69 Å². The van der Waals surface area contributed by atoms with Gasteiger partial charge in [0.25, 0.3) is 0 Å². The van der Waals surface area contributed by atoms with E-state index in [2.05, 4.69) is 14.9 Å². The first-order valence-electron chi connectivity index (χ1n) is 6.87. The van der Waals surface area contributed by atoms with Crippen LogP contribution < -0.4 is 10.6 Å². The summed E-state index contributed by atoms with van der Waals surface area (Å²) in [4.78, 5) is 11.2. The van der Waals surface area contributed by atoms with Gasteiger partial charge in [-0.1, -0.05) is 0 Å². The number of hydrogen-bond acceptors (Lipinski definition) is 5. The number of nitrogen functional groups attached to an aromatic ring is 1. The zero-order valence-electron chi connectivity index (χ0n) is 12.2. The van der Waals surface area contributed by atoms with Crippen molar-refractivity contribution in [1.82, 2.24) is 14.9 Å². The van der Waals surface area contributed by atoms with Gasteiger partial charge in [-0.15, -0.1) is 0 Å². The number of piperidine rings is 1. The van der Waals surface area contributed by atoms with Crippen molar-refractivity contribution in [2.45, 2.75) is 19.0 Å². The molecule has 0 aromatic carbocycles. The maximum absolute atomic E-state index is 12.8. The first-order valence-corrected chi connectivity index (χ1v) is 6.87. The third-order valence-corrected chi connectivity index (χ3v) is 3.58. The zero-order valence-corrected chi connectivity index (χ0v) is 12.2. The van der Waals surface area contributed by atoms with Crippen LogP contribution >= 0.6 is 0 Å². The fourth-order valence-electron chi connectivity index (χ4n) is 2.62. The van der Waals surface area contributed by atoms with E-state index in [4.69, 9.17) is 5.73 Å². The second-order valence-corrected chi connectivity index (χ2v) is 5.66. The number of anilines is 2. The van der Waals surface area contributed by atoms with Crippen LogP contribution in [-0.2, 0) is 6.18 Å². The summed E-state index contributed by atoms with van der Waals surface area (Å²) in [6, 6.07) is 0.975. The van der Waals surface area contributed by atoms with Crippen molar-refractivity contribution < 1.29 is 13.2 Å². The molecular weight excluding hydrogens is 283 g/mol. The van der Waals surface area contributed by atoms with E-state index in [0.717, 1.165) is 25.5 Å². The standard InChI is InChI=1S/C13H20F3N5/c1-20(2)8-9-3-5-21(6-4-9)11-7-10(13(14,15)16)18-12(17)19-11/h7,9H,3-6,8H2,1-2H3,(H2,17,18,19). The van der Waals surface area contributed by atoms with Crippen LogP contribution in [0.15, 0.2) is 6.07 Å². The van der Waals surface area contributed by atoms with Gasteiger partial charge in [-0.3, -0.25) is 0 Å². The highest BCUT2D eigenvalue weighted by atomic mass is 19.4. The molecule has 1 aromatic heterocycles. The lowest BCUT2D eigenvalue weighted by Gasteiger charge is -2.34. The molecule has 0 spiro atoms. The van der Waals surface area contributed by atoms with Crippen LogP contribution in [0, 0.1) is 5.92 Å². The predicted octanol–water partition coefficient (Wildman–Crippen LogP) is 1.86. The van der Waals surface area contributed by atoms with Gasteiger partial charge in [0.2, 0.25) is 5.95 Å². The van der Waals surface area contributed by atoms with E-state index in [0.29, 0.717) is 19.0 Å². The van der Waals surface area contributed by atoms with Gasteiger partial charge in [-0.2, -0.15) is 18.2 Å². The normalized spacial score (nSPS) is 17.5. The van der Waals surface area contributed by atoms with Gasteiger partial charge in [0.05, 0.1) is 0 Å². The van der Waals surface area contributed by atoms with E-state index >= 15 is 0 Å². The molecule has 0 unspecified atom stereocenters. The monoisotopic (exact) mass is 303 g/mol. The van der Waals surface area contributed by atoms with E-state index in [1.165, 1.54) is 0 Å². The molecule has 0 saturated carbocycles. The van der Waals surface area contributed by atoms with E-state index in [1.54, 1.807) is 0 Å². The highest BCUT2D eigenvalue weighted by Crippen LogP contribution is 2.31. The van der Waals surface area contributed by atoms with Crippen LogP contribution in [0.2, 0.25) is 0 Å². The van der Waals surface area contributed by atoms with E-state index in [-0.39, 0.29) is 11.8 Å². The first-order chi connectivity index (χ1) is 9.75. The van der Waals surface area contributed by atoms with Crippen molar-refractivity contribution in [3.8, 4) is 0 Å². The maximum Gasteiger partial charge on any atom is 0.433 e. The molecule has 0 radical (unpaired) electrons. The Morgan fingerprint density at radius 2 is 1.90 bits per heavy atom. The molecular formula is C13H20F3N5. The van der Waals surface area contributed by atoms with Crippen molar-refractivity contribution in [3.05, 3.63) is 11.8 Å². The third-order valence-electron chi connectivity index (χ3n) is 3.58. The summed E-state index contributed by atoms with van der Waals surface area (Å²) in [6.45, 7) is 2.37. The van der Waals surface area contributed by atoms with Crippen molar-refractivity contribution in [2.24, 2.45) is 5.92 Å². The third kappa shape index (κ3) is 4.20. The first kappa shape index (κ1) is 15.8. The SMILES string of the molecule is CN(C)CC1CCN(c2cc(C(F)(F)F)nc(N)n2)CC1. The topological polar surface area (TPSA) is 58.3 Å². The van der Waals surface area contributed by atoms with Crippen molar-refractivity contribution in [2.75, 3.05) is 44.4 Å². The number of nitrogens with two attached hydrogens (primary N) is 1. The molecule has 1 fully saturated rings. The Balaban J connectivity index is 2.08. The van der Waals surface area contributed by atoms with Crippen molar-refractivity contribution >= 4 is 11.8 Å². The lowest BCUT2D eigenvalue weighted by atomic mass is 9.96. The fourth-order valence-corrected chi connectivity index (χ4v) is 2.62. The largest absolute Gasteiger partial charge is 0.433 e. The Kier molecular flexibility index (Phi) is 4.55.